The fraction of sp³-hybridized carbons (Fsp3) is 0.800. The molecule has 0 bridgehead atoms. The van der Waals surface area contributed by atoms with Crippen molar-refractivity contribution in [2.24, 2.45) is 0 Å². The van der Waals surface area contributed by atoms with Crippen molar-refractivity contribution in [1.82, 2.24) is 0 Å². The van der Waals surface area contributed by atoms with Crippen LogP contribution in [0.2, 0.25) is 25.7 Å². The van der Waals surface area contributed by atoms with E-state index in [1.165, 1.54) is 30.4 Å². The minimum Gasteiger partial charge on any atom is -0.161 e. The second kappa shape index (κ2) is 4.52. The summed E-state index contributed by atoms with van der Waals surface area (Å²) in [6, 6.07) is 1.38. The van der Waals surface area contributed by atoms with Crippen molar-refractivity contribution in [3.05, 3.63) is 11.6 Å². The second-order valence-electron chi connectivity index (χ2n) is 4.74. The molecule has 0 amide bonds. The van der Waals surface area contributed by atoms with Gasteiger partial charge in [0.05, 0.1) is 0 Å². The highest BCUT2D eigenvalue weighted by Crippen LogP contribution is 2.23. The molecule has 1 rings (SSSR count). The smallest absolute Gasteiger partial charge is 0.0480 e. The van der Waals surface area contributed by atoms with Crippen LogP contribution in [0.1, 0.15) is 12.8 Å². The van der Waals surface area contributed by atoms with Gasteiger partial charge in [-0.05, 0) is 30.4 Å². The predicted octanol–water partition coefficient (Wildman–Crippen LogP) is 3.78. The standard InChI is InChI=1S/C10H20SSi/c1-12(2,3)9-6-10-4-7-11-8-5-10/h6H,4-5,7-9H2,1-3H3. The number of hydrogen-bond donors (Lipinski definition) is 0. The number of allylic oxidation sites excluding steroid dienone is 2. The third-order valence-corrected chi connectivity index (χ3v) is 4.55. The highest BCUT2D eigenvalue weighted by molar-refractivity contribution is 7.99. The van der Waals surface area contributed by atoms with Crippen molar-refractivity contribution < 1.29 is 0 Å². The van der Waals surface area contributed by atoms with E-state index in [1.54, 1.807) is 5.57 Å². The molecule has 2 heteroatoms. The first-order valence-corrected chi connectivity index (χ1v) is 9.70. The molecule has 70 valence electrons. The van der Waals surface area contributed by atoms with Crippen LogP contribution < -0.4 is 0 Å². The Hall–Kier alpha value is 0.307. The zero-order valence-corrected chi connectivity index (χ0v) is 10.3. The van der Waals surface area contributed by atoms with Gasteiger partial charge in [0.1, 0.15) is 0 Å². The lowest BCUT2D eigenvalue weighted by Crippen LogP contribution is -2.18. The summed E-state index contributed by atoms with van der Waals surface area (Å²) in [4.78, 5) is 0. The number of hydrogen-bond acceptors (Lipinski definition) is 1. The van der Waals surface area contributed by atoms with Crippen LogP contribution >= 0.6 is 11.8 Å². The molecule has 0 aromatic heterocycles. The average Bonchev–Trinajstić information content (AvgIpc) is 2.02. The molecule has 1 aliphatic rings. The molecule has 0 nitrogen and oxygen atoms in total. The SMILES string of the molecule is C[Si](C)(C)CC=C1CCSCC1. The van der Waals surface area contributed by atoms with E-state index in [0.717, 1.165) is 0 Å². The van der Waals surface area contributed by atoms with Crippen molar-refractivity contribution in [2.75, 3.05) is 11.5 Å². The molecular weight excluding hydrogens is 180 g/mol. The Kier molecular flexibility index (Phi) is 3.91. The third-order valence-electron chi connectivity index (χ3n) is 2.14. The molecule has 1 saturated heterocycles. The lowest BCUT2D eigenvalue weighted by Gasteiger charge is -2.17. The Balaban J connectivity index is 2.35. The summed E-state index contributed by atoms with van der Waals surface area (Å²) in [5.74, 6) is 2.72. The van der Waals surface area contributed by atoms with E-state index >= 15 is 0 Å². The normalized spacial score (nSPS) is 19.4. The fourth-order valence-corrected chi connectivity index (χ4v) is 3.21. The topological polar surface area (TPSA) is 0 Å². The first kappa shape index (κ1) is 10.4. The molecule has 1 fully saturated rings. The Morgan fingerprint density at radius 2 is 1.83 bits per heavy atom. The fourth-order valence-electron chi connectivity index (χ4n) is 1.29. The molecule has 0 aliphatic carbocycles. The van der Waals surface area contributed by atoms with Crippen molar-refractivity contribution in [1.29, 1.82) is 0 Å². The van der Waals surface area contributed by atoms with Gasteiger partial charge in [-0.3, -0.25) is 0 Å². The number of thioether (sulfide) groups is 1. The van der Waals surface area contributed by atoms with Gasteiger partial charge in [0.15, 0.2) is 0 Å². The van der Waals surface area contributed by atoms with Crippen LogP contribution in [0.5, 0.6) is 0 Å². The van der Waals surface area contributed by atoms with Gasteiger partial charge in [-0.1, -0.05) is 31.3 Å². The van der Waals surface area contributed by atoms with Gasteiger partial charge in [-0.25, -0.2) is 0 Å². The first-order valence-electron chi connectivity index (χ1n) is 4.83. The second-order valence-corrected chi connectivity index (χ2v) is 11.5. The first-order chi connectivity index (χ1) is 5.58. The third kappa shape index (κ3) is 4.36. The van der Waals surface area contributed by atoms with Gasteiger partial charge in [0.2, 0.25) is 0 Å². The van der Waals surface area contributed by atoms with Crippen LogP contribution in [0.25, 0.3) is 0 Å². The van der Waals surface area contributed by atoms with Crippen LogP contribution in [0.4, 0.5) is 0 Å². The molecule has 1 aliphatic heterocycles. The van der Waals surface area contributed by atoms with Gasteiger partial charge in [-0.15, -0.1) is 0 Å². The monoisotopic (exact) mass is 200 g/mol. The maximum Gasteiger partial charge on any atom is 0.0480 e. The molecule has 0 unspecified atom stereocenters. The van der Waals surface area contributed by atoms with Crippen molar-refractivity contribution in [3.63, 3.8) is 0 Å². The highest BCUT2D eigenvalue weighted by Gasteiger charge is 2.12. The molecule has 0 aromatic rings. The summed E-state index contributed by atoms with van der Waals surface area (Å²) >= 11 is 2.10. The predicted molar refractivity (Wildman–Crippen MR) is 62.8 cm³/mol. The lowest BCUT2D eigenvalue weighted by molar-refractivity contribution is 0.959. The minimum atomic E-state index is -0.824. The van der Waals surface area contributed by atoms with Crippen molar-refractivity contribution in [3.8, 4) is 0 Å². The van der Waals surface area contributed by atoms with Crippen molar-refractivity contribution in [2.45, 2.75) is 38.5 Å². The van der Waals surface area contributed by atoms with Gasteiger partial charge in [0.25, 0.3) is 0 Å². The Morgan fingerprint density at radius 1 is 1.25 bits per heavy atom. The van der Waals surface area contributed by atoms with E-state index in [2.05, 4.69) is 37.5 Å². The van der Waals surface area contributed by atoms with Crippen LogP contribution in [0.3, 0.4) is 0 Å². The molecule has 0 N–H and O–H groups in total. The Morgan fingerprint density at radius 3 is 2.33 bits per heavy atom. The maximum atomic E-state index is 2.53. The summed E-state index contributed by atoms with van der Waals surface area (Å²) < 4.78 is 0. The minimum absolute atomic E-state index is 0.824. The molecule has 0 spiro atoms. The zero-order valence-electron chi connectivity index (χ0n) is 8.52. The highest BCUT2D eigenvalue weighted by atomic mass is 32.2. The van der Waals surface area contributed by atoms with Crippen LogP contribution in [-0.2, 0) is 0 Å². The average molecular weight is 200 g/mol. The van der Waals surface area contributed by atoms with E-state index in [9.17, 15) is 0 Å². The summed E-state index contributed by atoms with van der Waals surface area (Å²) in [7, 11) is -0.824. The van der Waals surface area contributed by atoms with Crippen LogP contribution in [0.15, 0.2) is 11.6 Å². The Bertz CT molecular complexity index is 159. The van der Waals surface area contributed by atoms with E-state index in [-0.39, 0.29) is 0 Å². The van der Waals surface area contributed by atoms with Gasteiger partial charge in [-0.2, -0.15) is 11.8 Å². The molecule has 0 atom stereocenters. The van der Waals surface area contributed by atoms with E-state index in [4.69, 9.17) is 0 Å². The van der Waals surface area contributed by atoms with E-state index < -0.39 is 8.07 Å². The molecule has 0 aromatic carbocycles. The molecule has 1 heterocycles. The molecule has 0 radical (unpaired) electrons. The van der Waals surface area contributed by atoms with Gasteiger partial charge < -0.3 is 0 Å². The summed E-state index contributed by atoms with van der Waals surface area (Å²) in [6.07, 6.45) is 5.25. The summed E-state index contributed by atoms with van der Waals surface area (Å²) in [6.45, 7) is 7.34. The lowest BCUT2D eigenvalue weighted by atomic mass is 10.1. The van der Waals surface area contributed by atoms with Gasteiger partial charge >= 0.3 is 0 Å². The van der Waals surface area contributed by atoms with Crippen molar-refractivity contribution >= 4 is 19.8 Å². The zero-order chi connectivity index (χ0) is 9.03. The largest absolute Gasteiger partial charge is 0.161 e. The summed E-state index contributed by atoms with van der Waals surface area (Å²) in [5.41, 5.74) is 1.73. The molecular formula is C10H20SSi. The van der Waals surface area contributed by atoms with Crippen LogP contribution in [-0.4, -0.2) is 19.6 Å². The van der Waals surface area contributed by atoms with Gasteiger partial charge in [0, 0.05) is 8.07 Å². The Labute approximate surface area is 81.8 Å². The molecule has 12 heavy (non-hydrogen) atoms. The van der Waals surface area contributed by atoms with E-state index in [0.29, 0.717) is 0 Å². The molecule has 0 saturated carbocycles. The maximum absolute atomic E-state index is 2.53. The quantitative estimate of drug-likeness (QED) is 0.483. The summed E-state index contributed by atoms with van der Waals surface area (Å²) in [5, 5.41) is 0. The number of rotatable bonds is 2. The van der Waals surface area contributed by atoms with Crippen LogP contribution in [0, 0.1) is 0 Å². The van der Waals surface area contributed by atoms with E-state index in [1.807, 2.05) is 0 Å².